The van der Waals surface area contributed by atoms with Gasteiger partial charge in [-0.05, 0) is 36.6 Å². The number of ether oxygens (including phenoxy) is 2. The van der Waals surface area contributed by atoms with Gasteiger partial charge in [-0.25, -0.2) is 4.39 Å². The van der Waals surface area contributed by atoms with Crippen LogP contribution in [0.2, 0.25) is 0 Å². The molecular formula is C22H23FN2O4. The molecule has 6 nitrogen and oxygen atoms in total. The molecule has 0 bridgehead atoms. The third-order valence-electron chi connectivity index (χ3n) is 5.33. The molecule has 2 amide bonds. The Hall–Kier alpha value is -3.09. The van der Waals surface area contributed by atoms with E-state index in [1.807, 2.05) is 0 Å². The molecule has 0 aromatic heterocycles. The first-order valence-corrected chi connectivity index (χ1v) is 9.82. The SMILES string of the molecule is O=C(Nc1ccc2c(c1)OCCO2)C1CCN(C(=O)Cc2ccccc2F)CC1. The number of fused-ring (bicyclic) bond motifs is 1. The largest absolute Gasteiger partial charge is 0.486 e. The predicted molar refractivity (Wildman–Crippen MR) is 105 cm³/mol. The molecule has 1 saturated heterocycles. The maximum atomic E-state index is 13.8. The fourth-order valence-corrected chi connectivity index (χ4v) is 3.67. The molecule has 29 heavy (non-hydrogen) atoms. The number of nitrogens with zero attached hydrogens (tertiary/aromatic N) is 1. The number of hydrogen-bond acceptors (Lipinski definition) is 4. The van der Waals surface area contributed by atoms with Crippen LogP contribution in [0.25, 0.3) is 0 Å². The molecule has 7 heteroatoms. The monoisotopic (exact) mass is 398 g/mol. The summed E-state index contributed by atoms with van der Waals surface area (Å²) in [7, 11) is 0. The summed E-state index contributed by atoms with van der Waals surface area (Å²) in [4.78, 5) is 26.8. The molecule has 1 fully saturated rings. The van der Waals surface area contributed by atoms with Crippen LogP contribution >= 0.6 is 0 Å². The van der Waals surface area contributed by atoms with E-state index in [2.05, 4.69) is 5.32 Å². The van der Waals surface area contributed by atoms with Gasteiger partial charge < -0.3 is 19.7 Å². The fourth-order valence-electron chi connectivity index (χ4n) is 3.67. The van der Waals surface area contributed by atoms with Crippen LogP contribution in [0.15, 0.2) is 42.5 Å². The van der Waals surface area contributed by atoms with Gasteiger partial charge in [0.15, 0.2) is 11.5 Å². The van der Waals surface area contributed by atoms with Gasteiger partial charge in [-0.3, -0.25) is 9.59 Å². The maximum Gasteiger partial charge on any atom is 0.227 e. The molecule has 0 radical (unpaired) electrons. The van der Waals surface area contributed by atoms with Gasteiger partial charge in [0.05, 0.1) is 6.42 Å². The summed E-state index contributed by atoms with van der Waals surface area (Å²) in [5, 5.41) is 2.93. The quantitative estimate of drug-likeness (QED) is 0.860. The normalized spacial score (nSPS) is 16.4. The molecule has 1 N–H and O–H groups in total. The van der Waals surface area contributed by atoms with E-state index in [4.69, 9.17) is 9.47 Å². The molecule has 0 saturated carbocycles. The number of hydrogen-bond donors (Lipinski definition) is 1. The zero-order chi connectivity index (χ0) is 20.2. The Morgan fingerprint density at radius 2 is 1.76 bits per heavy atom. The second-order valence-corrected chi connectivity index (χ2v) is 7.27. The van der Waals surface area contributed by atoms with Crippen molar-refractivity contribution in [1.82, 2.24) is 4.90 Å². The van der Waals surface area contributed by atoms with Gasteiger partial charge in [0.25, 0.3) is 0 Å². The van der Waals surface area contributed by atoms with E-state index < -0.39 is 0 Å². The number of amides is 2. The standard InChI is InChI=1S/C22H23FN2O4/c23-18-4-2-1-3-16(18)13-21(26)25-9-7-15(8-10-25)22(27)24-17-5-6-19-20(14-17)29-12-11-28-19/h1-6,14-15H,7-13H2,(H,24,27). The molecule has 2 heterocycles. The van der Waals surface area contributed by atoms with Crippen LogP contribution in [0.4, 0.5) is 10.1 Å². The summed E-state index contributed by atoms with van der Waals surface area (Å²) >= 11 is 0. The minimum Gasteiger partial charge on any atom is -0.486 e. The first-order chi connectivity index (χ1) is 14.1. The minimum atomic E-state index is -0.366. The predicted octanol–water partition coefficient (Wildman–Crippen LogP) is 3.02. The zero-order valence-corrected chi connectivity index (χ0v) is 16.0. The van der Waals surface area contributed by atoms with E-state index >= 15 is 0 Å². The molecule has 2 aromatic rings. The van der Waals surface area contributed by atoms with Crippen molar-refractivity contribution in [3.05, 3.63) is 53.8 Å². The van der Waals surface area contributed by atoms with Crippen molar-refractivity contribution in [3.63, 3.8) is 0 Å². The summed E-state index contributed by atoms with van der Waals surface area (Å²) in [6.45, 7) is 2.00. The third-order valence-corrected chi connectivity index (χ3v) is 5.33. The second-order valence-electron chi connectivity index (χ2n) is 7.27. The van der Waals surface area contributed by atoms with Crippen molar-refractivity contribution in [3.8, 4) is 11.5 Å². The molecule has 152 valence electrons. The van der Waals surface area contributed by atoms with Crippen molar-refractivity contribution >= 4 is 17.5 Å². The van der Waals surface area contributed by atoms with Crippen molar-refractivity contribution in [2.24, 2.45) is 5.92 Å². The number of halogens is 1. The number of carbonyl (C=O) groups excluding carboxylic acids is 2. The summed E-state index contributed by atoms with van der Waals surface area (Å²) in [6.07, 6.45) is 1.21. The molecule has 2 aliphatic rings. The summed E-state index contributed by atoms with van der Waals surface area (Å²) in [6, 6.07) is 11.7. The van der Waals surface area contributed by atoms with E-state index in [0.717, 1.165) is 0 Å². The van der Waals surface area contributed by atoms with Crippen molar-refractivity contribution in [2.75, 3.05) is 31.6 Å². The van der Waals surface area contributed by atoms with E-state index in [1.54, 1.807) is 41.3 Å². The molecule has 0 unspecified atom stereocenters. The van der Waals surface area contributed by atoms with Crippen LogP contribution in [0.3, 0.4) is 0 Å². The van der Waals surface area contributed by atoms with Gasteiger partial charge in [0.1, 0.15) is 19.0 Å². The lowest BCUT2D eigenvalue weighted by molar-refractivity contribution is -0.133. The third kappa shape index (κ3) is 4.50. The zero-order valence-electron chi connectivity index (χ0n) is 16.0. The molecule has 2 aliphatic heterocycles. The van der Waals surface area contributed by atoms with Crippen LogP contribution in [0.5, 0.6) is 11.5 Å². The second kappa shape index (κ2) is 8.51. The van der Waals surface area contributed by atoms with E-state index in [1.165, 1.54) is 6.07 Å². The van der Waals surface area contributed by atoms with Gasteiger partial charge in [-0.2, -0.15) is 0 Å². The summed E-state index contributed by atoms with van der Waals surface area (Å²) in [5.41, 5.74) is 1.06. The van der Waals surface area contributed by atoms with Gasteiger partial charge >= 0.3 is 0 Å². The molecular weight excluding hydrogens is 375 g/mol. The highest BCUT2D eigenvalue weighted by molar-refractivity contribution is 5.93. The Labute approximate surface area is 168 Å². The minimum absolute atomic E-state index is 0.0424. The van der Waals surface area contributed by atoms with Crippen molar-refractivity contribution in [2.45, 2.75) is 19.3 Å². The molecule has 2 aromatic carbocycles. The van der Waals surface area contributed by atoms with Gasteiger partial charge in [0, 0.05) is 30.8 Å². The number of rotatable bonds is 4. The number of nitrogens with one attached hydrogen (secondary N) is 1. The average molecular weight is 398 g/mol. The van der Waals surface area contributed by atoms with Gasteiger partial charge in [-0.1, -0.05) is 18.2 Å². The van der Waals surface area contributed by atoms with Crippen LogP contribution in [0.1, 0.15) is 18.4 Å². The highest BCUT2D eigenvalue weighted by Gasteiger charge is 2.28. The van der Waals surface area contributed by atoms with Crippen LogP contribution in [-0.2, 0) is 16.0 Å². The topological polar surface area (TPSA) is 67.9 Å². The smallest absolute Gasteiger partial charge is 0.227 e. The Morgan fingerprint density at radius 1 is 1.03 bits per heavy atom. The van der Waals surface area contributed by atoms with Crippen LogP contribution < -0.4 is 14.8 Å². The number of piperidine rings is 1. The molecule has 0 spiro atoms. The number of likely N-dealkylation sites (tertiary alicyclic amines) is 1. The van der Waals surface area contributed by atoms with Crippen LogP contribution in [0, 0.1) is 11.7 Å². The lowest BCUT2D eigenvalue weighted by atomic mass is 9.95. The van der Waals surface area contributed by atoms with E-state index in [-0.39, 0.29) is 30.0 Å². The molecule has 4 rings (SSSR count). The van der Waals surface area contributed by atoms with Crippen molar-refractivity contribution < 1.29 is 23.5 Å². The fraction of sp³-hybridized carbons (Fsp3) is 0.364. The Kier molecular flexibility index (Phi) is 5.64. The Balaban J connectivity index is 1.29. The van der Waals surface area contributed by atoms with Crippen molar-refractivity contribution in [1.29, 1.82) is 0 Å². The average Bonchev–Trinajstić information content (AvgIpc) is 2.75. The van der Waals surface area contributed by atoms with Gasteiger partial charge in [-0.15, -0.1) is 0 Å². The number of carbonyl (C=O) groups is 2. The van der Waals surface area contributed by atoms with E-state index in [9.17, 15) is 14.0 Å². The number of anilines is 1. The van der Waals surface area contributed by atoms with E-state index in [0.29, 0.717) is 61.9 Å². The maximum absolute atomic E-state index is 13.8. The van der Waals surface area contributed by atoms with Gasteiger partial charge in [0.2, 0.25) is 11.8 Å². The molecule has 0 aliphatic carbocycles. The highest BCUT2D eigenvalue weighted by Crippen LogP contribution is 2.33. The summed E-state index contributed by atoms with van der Waals surface area (Å²) < 4.78 is 24.8. The Morgan fingerprint density at radius 3 is 2.52 bits per heavy atom. The van der Waals surface area contributed by atoms with Crippen LogP contribution in [-0.4, -0.2) is 43.0 Å². The lowest BCUT2D eigenvalue weighted by Gasteiger charge is -2.31. The highest BCUT2D eigenvalue weighted by atomic mass is 19.1. The lowest BCUT2D eigenvalue weighted by Crippen LogP contribution is -2.42. The first-order valence-electron chi connectivity index (χ1n) is 9.82. The molecule has 0 atom stereocenters. The number of benzene rings is 2. The Bertz CT molecular complexity index is 909. The first kappa shape index (κ1) is 19.2. The summed E-state index contributed by atoms with van der Waals surface area (Å²) in [5.74, 6) is 0.595.